The van der Waals surface area contributed by atoms with Crippen LogP contribution in [0.15, 0.2) is 18.2 Å². The molecule has 0 heterocycles. The molecule has 6 heteroatoms. The molecule has 0 aliphatic rings. The summed E-state index contributed by atoms with van der Waals surface area (Å²) in [6.07, 6.45) is 0. The molecule has 0 spiro atoms. The number of halogens is 2. The van der Waals surface area contributed by atoms with Crippen molar-refractivity contribution in [3.63, 3.8) is 0 Å². The number of aliphatic carboxylic acids is 1. The van der Waals surface area contributed by atoms with Crippen LogP contribution < -0.4 is 56.1 Å². The van der Waals surface area contributed by atoms with Gasteiger partial charge in [-0.3, -0.25) is 0 Å². The third-order valence-corrected chi connectivity index (χ3v) is 2.07. The van der Waals surface area contributed by atoms with E-state index in [1.165, 1.54) is 0 Å². The number of hydrogen-bond donors (Lipinski definition) is 1. The Kier molecular flexibility index (Phi) is 7.41. The van der Waals surface area contributed by atoms with Crippen molar-refractivity contribution in [1.82, 2.24) is 0 Å². The van der Waals surface area contributed by atoms with Crippen molar-refractivity contribution in [2.24, 2.45) is 0 Å². The third kappa shape index (κ3) is 4.48. The van der Waals surface area contributed by atoms with Crippen LogP contribution in [0.3, 0.4) is 0 Å². The second-order valence-electron chi connectivity index (χ2n) is 2.23. The van der Waals surface area contributed by atoms with Gasteiger partial charge in [0.1, 0.15) is 10.8 Å². The molecule has 0 amide bonds. The summed E-state index contributed by atoms with van der Waals surface area (Å²) in [5.74, 6) is -0.785. The maximum absolute atomic E-state index is 10.2. The maximum Gasteiger partial charge on any atom is 1.00 e. The minimum Gasteiger partial charge on any atom is -1.00 e. The minimum absolute atomic E-state index is 0. The van der Waals surface area contributed by atoms with Crippen molar-refractivity contribution in [1.29, 1.82) is 0 Å². The molecule has 0 aromatic heterocycles. The molecule has 0 fully saturated rings. The molecule has 0 radical (unpaired) electrons. The molecule has 1 aromatic carbocycles. The predicted octanol–water partition coefficient (Wildman–Crippen LogP) is -0.427. The first-order chi connectivity index (χ1) is 6.11. The van der Waals surface area contributed by atoms with E-state index in [0.29, 0.717) is 5.02 Å². The largest absolute Gasteiger partial charge is 1.00 e. The normalized spacial score (nSPS) is 9.00. The maximum atomic E-state index is 10.2. The SMILES string of the molecule is O=C(O)COc1cccc(Cl)c1Cl.[H-].[K+]. The van der Waals surface area contributed by atoms with Gasteiger partial charge in [-0.1, -0.05) is 29.3 Å². The van der Waals surface area contributed by atoms with Gasteiger partial charge in [0.25, 0.3) is 0 Å². The van der Waals surface area contributed by atoms with Crippen molar-refractivity contribution in [3.8, 4) is 5.75 Å². The second kappa shape index (κ2) is 7.06. The van der Waals surface area contributed by atoms with E-state index < -0.39 is 12.6 Å². The summed E-state index contributed by atoms with van der Waals surface area (Å²) in [5.41, 5.74) is 0. The predicted molar refractivity (Wildman–Crippen MR) is 50.7 cm³/mol. The van der Waals surface area contributed by atoms with E-state index in [1.807, 2.05) is 0 Å². The first kappa shape index (κ1) is 14.7. The third-order valence-electron chi connectivity index (χ3n) is 1.27. The molecule has 0 atom stereocenters. The number of rotatable bonds is 3. The zero-order valence-electron chi connectivity index (χ0n) is 8.46. The number of benzene rings is 1. The van der Waals surface area contributed by atoms with Crippen molar-refractivity contribution >= 4 is 29.2 Å². The summed E-state index contributed by atoms with van der Waals surface area (Å²) in [6.45, 7) is -0.430. The van der Waals surface area contributed by atoms with Crippen molar-refractivity contribution in [2.75, 3.05) is 6.61 Å². The molecule has 72 valence electrons. The van der Waals surface area contributed by atoms with Crippen LogP contribution in [0.2, 0.25) is 10.0 Å². The first-order valence-electron chi connectivity index (χ1n) is 3.40. The Balaban J connectivity index is 0. The van der Waals surface area contributed by atoms with Gasteiger partial charge in [0, 0.05) is 0 Å². The van der Waals surface area contributed by atoms with E-state index in [9.17, 15) is 4.79 Å². The van der Waals surface area contributed by atoms with Gasteiger partial charge in [0.05, 0.1) is 5.02 Å². The van der Waals surface area contributed by atoms with Crippen molar-refractivity contribution < 1.29 is 67.4 Å². The van der Waals surface area contributed by atoms with E-state index in [1.54, 1.807) is 18.2 Å². The number of ether oxygens (including phenoxy) is 1. The van der Waals surface area contributed by atoms with Gasteiger partial charge in [-0.15, -0.1) is 0 Å². The molecule has 3 nitrogen and oxygen atoms in total. The minimum atomic E-state index is -1.06. The molecule has 1 rings (SSSR count). The Morgan fingerprint density at radius 1 is 1.50 bits per heavy atom. The van der Waals surface area contributed by atoms with Gasteiger partial charge in [-0.05, 0) is 12.1 Å². The topological polar surface area (TPSA) is 46.5 Å². The van der Waals surface area contributed by atoms with E-state index in [0.717, 1.165) is 0 Å². The quantitative estimate of drug-likeness (QED) is 0.751. The van der Waals surface area contributed by atoms with Crippen LogP contribution in [-0.4, -0.2) is 17.7 Å². The summed E-state index contributed by atoms with van der Waals surface area (Å²) in [7, 11) is 0. The van der Waals surface area contributed by atoms with E-state index >= 15 is 0 Å². The molecule has 14 heavy (non-hydrogen) atoms. The molecule has 0 aliphatic heterocycles. The van der Waals surface area contributed by atoms with Crippen LogP contribution in [0.25, 0.3) is 0 Å². The zero-order chi connectivity index (χ0) is 9.84. The fourth-order valence-corrected chi connectivity index (χ4v) is 1.08. The Hall–Kier alpha value is 0.706. The van der Waals surface area contributed by atoms with Gasteiger partial charge in [0.2, 0.25) is 0 Å². The monoisotopic (exact) mass is 260 g/mol. The number of hydrogen-bond acceptors (Lipinski definition) is 2. The Labute approximate surface area is 135 Å². The zero-order valence-corrected chi connectivity index (χ0v) is 12.1. The van der Waals surface area contributed by atoms with Gasteiger partial charge in [-0.2, -0.15) is 0 Å². The summed E-state index contributed by atoms with van der Waals surface area (Å²) in [5, 5.41) is 8.90. The molecule has 0 bridgehead atoms. The van der Waals surface area contributed by atoms with Crippen molar-refractivity contribution in [3.05, 3.63) is 28.2 Å². The fourth-order valence-electron chi connectivity index (χ4n) is 0.735. The average molecular weight is 261 g/mol. The van der Waals surface area contributed by atoms with Gasteiger partial charge in [0.15, 0.2) is 6.61 Å². The van der Waals surface area contributed by atoms with Crippen LogP contribution in [0, 0.1) is 0 Å². The fraction of sp³-hybridized carbons (Fsp3) is 0.125. The number of carbonyl (C=O) groups is 1. The number of carboxylic acid groups (broad SMARTS) is 1. The van der Waals surface area contributed by atoms with Crippen LogP contribution in [0.1, 0.15) is 1.43 Å². The van der Waals surface area contributed by atoms with E-state index in [-0.39, 0.29) is 63.6 Å². The molecule has 0 aliphatic carbocycles. The van der Waals surface area contributed by atoms with Gasteiger partial charge >= 0.3 is 57.4 Å². The number of carboxylic acids is 1. The molecular weight excluding hydrogens is 254 g/mol. The smallest absolute Gasteiger partial charge is 1.00 e. The van der Waals surface area contributed by atoms with Crippen LogP contribution in [0.4, 0.5) is 0 Å². The van der Waals surface area contributed by atoms with E-state index in [2.05, 4.69) is 0 Å². The molecular formula is C8H7Cl2KO3. The Morgan fingerprint density at radius 2 is 2.14 bits per heavy atom. The summed E-state index contributed by atoms with van der Waals surface area (Å²) >= 11 is 11.4. The Morgan fingerprint density at radius 3 is 2.71 bits per heavy atom. The summed E-state index contributed by atoms with van der Waals surface area (Å²) < 4.78 is 4.86. The summed E-state index contributed by atoms with van der Waals surface area (Å²) in [6, 6.07) is 4.78. The second-order valence-corrected chi connectivity index (χ2v) is 3.02. The molecule has 1 aromatic rings. The summed E-state index contributed by atoms with van der Waals surface area (Å²) in [4.78, 5) is 10.2. The molecule has 1 N–H and O–H groups in total. The first-order valence-corrected chi connectivity index (χ1v) is 4.15. The van der Waals surface area contributed by atoms with Gasteiger partial charge < -0.3 is 11.3 Å². The molecule has 0 unspecified atom stereocenters. The molecule has 0 saturated carbocycles. The van der Waals surface area contributed by atoms with Crippen LogP contribution >= 0.6 is 23.2 Å². The van der Waals surface area contributed by atoms with Crippen molar-refractivity contribution in [2.45, 2.75) is 0 Å². The average Bonchev–Trinajstić information content (AvgIpc) is 2.07. The molecule has 0 saturated heterocycles. The van der Waals surface area contributed by atoms with Crippen LogP contribution in [-0.2, 0) is 4.79 Å². The standard InChI is InChI=1S/C8H6Cl2O3.K.H/c9-5-2-1-3-6(8(5)10)13-4-7(11)12;;/h1-3H,4H2,(H,11,12);;/q;+1;-1. The van der Waals surface area contributed by atoms with E-state index in [4.69, 9.17) is 33.0 Å². The van der Waals surface area contributed by atoms with Crippen LogP contribution in [0.5, 0.6) is 5.75 Å². The Bertz CT molecular complexity index is 336. The van der Waals surface area contributed by atoms with Gasteiger partial charge in [-0.25, -0.2) is 4.79 Å².